The van der Waals surface area contributed by atoms with Crippen LogP contribution in [-0.4, -0.2) is 12.9 Å². The molecule has 1 heterocycles. The highest BCUT2D eigenvalue weighted by atomic mass is 79.9. The average molecular weight is 345 g/mol. The number of ether oxygens (including phenoxy) is 1. The summed E-state index contributed by atoms with van der Waals surface area (Å²) in [5, 5.41) is 0.910. The zero-order valence-electron chi connectivity index (χ0n) is 11.6. The van der Waals surface area contributed by atoms with E-state index in [4.69, 9.17) is 9.15 Å². The van der Waals surface area contributed by atoms with Gasteiger partial charge in [-0.2, -0.15) is 0 Å². The Kier molecular flexibility index (Phi) is 3.55. The lowest BCUT2D eigenvalue weighted by Gasteiger charge is -2.01. The van der Waals surface area contributed by atoms with Gasteiger partial charge in [0.1, 0.15) is 11.3 Å². The first-order valence-electron chi connectivity index (χ1n) is 6.47. The molecule has 0 aliphatic heterocycles. The third kappa shape index (κ3) is 2.59. The molecule has 0 saturated carbocycles. The van der Waals surface area contributed by atoms with Crippen molar-refractivity contribution < 1.29 is 13.9 Å². The standard InChI is InChI=1S/C17H13BrO3/c1-10-6-13(18)7-12-9-15(21-17(10)12)16(19)11-4-3-5-14(8-11)20-2/h3-9H,1-2H3. The molecule has 4 heteroatoms. The third-order valence-corrected chi connectivity index (χ3v) is 3.78. The Morgan fingerprint density at radius 2 is 2.00 bits per heavy atom. The minimum absolute atomic E-state index is 0.152. The van der Waals surface area contributed by atoms with Crippen LogP contribution in [0.2, 0.25) is 0 Å². The second-order valence-corrected chi connectivity index (χ2v) is 5.73. The fourth-order valence-electron chi connectivity index (χ4n) is 2.30. The molecule has 0 aliphatic rings. The van der Waals surface area contributed by atoms with E-state index >= 15 is 0 Å². The van der Waals surface area contributed by atoms with E-state index in [0.29, 0.717) is 17.1 Å². The van der Waals surface area contributed by atoms with E-state index in [-0.39, 0.29) is 5.78 Å². The van der Waals surface area contributed by atoms with Gasteiger partial charge < -0.3 is 9.15 Å². The normalized spacial score (nSPS) is 10.8. The summed E-state index contributed by atoms with van der Waals surface area (Å²) in [6.45, 7) is 1.95. The Balaban J connectivity index is 2.07. The van der Waals surface area contributed by atoms with Gasteiger partial charge in [0.25, 0.3) is 0 Å². The van der Waals surface area contributed by atoms with Crippen molar-refractivity contribution in [3.05, 3.63) is 63.8 Å². The average Bonchev–Trinajstić information content (AvgIpc) is 2.90. The van der Waals surface area contributed by atoms with Crippen molar-refractivity contribution >= 4 is 32.7 Å². The number of methoxy groups -OCH3 is 1. The lowest BCUT2D eigenvalue weighted by Crippen LogP contribution is -1.99. The van der Waals surface area contributed by atoms with Gasteiger partial charge in [0, 0.05) is 15.4 Å². The van der Waals surface area contributed by atoms with Gasteiger partial charge in [0.15, 0.2) is 5.76 Å². The number of carbonyl (C=O) groups is 1. The summed E-state index contributed by atoms with van der Waals surface area (Å²) in [6.07, 6.45) is 0. The minimum Gasteiger partial charge on any atom is -0.497 e. The number of aryl methyl sites for hydroxylation is 1. The van der Waals surface area contributed by atoms with Gasteiger partial charge in [-0.15, -0.1) is 0 Å². The van der Waals surface area contributed by atoms with Gasteiger partial charge >= 0.3 is 0 Å². The van der Waals surface area contributed by atoms with Crippen LogP contribution >= 0.6 is 15.9 Å². The summed E-state index contributed by atoms with van der Waals surface area (Å²) in [5.74, 6) is 0.830. The Labute approximate surface area is 130 Å². The summed E-state index contributed by atoms with van der Waals surface area (Å²) in [4.78, 5) is 12.5. The number of benzene rings is 2. The van der Waals surface area contributed by atoms with Crippen LogP contribution in [0.5, 0.6) is 5.75 Å². The van der Waals surface area contributed by atoms with Gasteiger partial charge in [-0.3, -0.25) is 4.79 Å². The number of carbonyl (C=O) groups excluding carboxylic acids is 1. The molecule has 2 aromatic carbocycles. The molecule has 0 radical (unpaired) electrons. The first kappa shape index (κ1) is 13.9. The molecule has 3 aromatic rings. The molecule has 0 atom stereocenters. The van der Waals surface area contributed by atoms with E-state index in [2.05, 4.69) is 15.9 Å². The molecule has 3 rings (SSSR count). The van der Waals surface area contributed by atoms with E-state index in [1.165, 1.54) is 0 Å². The Morgan fingerprint density at radius 1 is 1.19 bits per heavy atom. The SMILES string of the molecule is COc1cccc(C(=O)c2cc3cc(Br)cc(C)c3o2)c1. The number of halogens is 1. The molecule has 0 aliphatic carbocycles. The predicted molar refractivity (Wildman–Crippen MR) is 85.1 cm³/mol. The van der Waals surface area contributed by atoms with E-state index in [9.17, 15) is 4.79 Å². The topological polar surface area (TPSA) is 39.4 Å². The highest BCUT2D eigenvalue weighted by Crippen LogP contribution is 2.28. The lowest BCUT2D eigenvalue weighted by atomic mass is 10.1. The molecule has 0 bridgehead atoms. The summed E-state index contributed by atoms with van der Waals surface area (Å²) in [5.41, 5.74) is 2.28. The lowest BCUT2D eigenvalue weighted by molar-refractivity contribution is 0.101. The van der Waals surface area contributed by atoms with Crippen LogP contribution < -0.4 is 4.74 Å². The maximum absolute atomic E-state index is 12.5. The van der Waals surface area contributed by atoms with Crippen LogP contribution in [0.4, 0.5) is 0 Å². The Morgan fingerprint density at radius 3 is 2.76 bits per heavy atom. The molecule has 21 heavy (non-hydrogen) atoms. The van der Waals surface area contributed by atoms with Crippen LogP contribution in [0.3, 0.4) is 0 Å². The monoisotopic (exact) mass is 344 g/mol. The van der Waals surface area contributed by atoms with Crippen molar-refractivity contribution in [3.8, 4) is 5.75 Å². The quantitative estimate of drug-likeness (QED) is 0.644. The predicted octanol–water partition coefficient (Wildman–Crippen LogP) is 4.74. The molecule has 0 amide bonds. The van der Waals surface area contributed by atoms with Gasteiger partial charge in [-0.25, -0.2) is 0 Å². The molecular formula is C17H13BrO3. The van der Waals surface area contributed by atoms with Crippen molar-refractivity contribution in [1.29, 1.82) is 0 Å². The molecule has 0 N–H and O–H groups in total. The minimum atomic E-state index is -0.152. The van der Waals surface area contributed by atoms with Crippen molar-refractivity contribution in [3.63, 3.8) is 0 Å². The van der Waals surface area contributed by atoms with Crippen LogP contribution in [0, 0.1) is 6.92 Å². The van der Waals surface area contributed by atoms with Gasteiger partial charge in [0.2, 0.25) is 5.78 Å². The maximum atomic E-state index is 12.5. The molecular weight excluding hydrogens is 332 g/mol. The first-order chi connectivity index (χ1) is 10.1. The van der Waals surface area contributed by atoms with Crippen molar-refractivity contribution in [2.45, 2.75) is 6.92 Å². The van der Waals surface area contributed by atoms with Crippen LogP contribution in [-0.2, 0) is 0 Å². The molecule has 0 saturated heterocycles. The van der Waals surface area contributed by atoms with Crippen molar-refractivity contribution in [2.75, 3.05) is 7.11 Å². The van der Waals surface area contributed by atoms with Gasteiger partial charge in [0.05, 0.1) is 7.11 Å². The summed E-state index contributed by atoms with van der Waals surface area (Å²) < 4.78 is 11.8. The number of rotatable bonds is 3. The van der Waals surface area contributed by atoms with Crippen LogP contribution in [0.1, 0.15) is 21.7 Å². The largest absolute Gasteiger partial charge is 0.497 e. The number of fused-ring (bicyclic) bond motifs is 1. The van der Waals surface area contributed by atoms with Crippen LogP contribution in [0.25, 0.3) is 11.0 Å². The van der Waals surface area contributed by atoms with Crippen molar-refractivity contribution in [2.24, 2.45) is 0 Å². The summed E-state index contributed by atoms with van der Waals surface area (Å²) in [6, 6.07) is 12.7. The first-order valence-corrected chi connectivity index (χ1v) is 7.26. The number of hydrogen-bond donors (Lipinski definition) is 0. The molecule has 106 valence electrons. The van der Waals surface area contributed by atoms with E-state index in [0.717, 1.165) is 21.0 Å². The second-order valence-electron chi connectivity index (χ2n) is 4.81. The third-order valence-electron chi connectivity index (χ3n) is 3.32. The molecule has 3 nitrogen and oxygen atoms in total. The zero-order chi connectivity index (χ0) is 15.0. The highest BCUT2D eigenvalue weighted by molar-refractivity contribution is 9.10. The molecule has 0 spiro atoms. The molecule has 1 aromatic heterocycles. The summed E-state index contributed by atoms with van der Waals surface area (Å²) in [7, 11) is 1.58. The van der Waals surface area contributed by atoms with E-state index in [1.807, 2.05) is 19.1 Å². The zero-order valence-corrected chi connectivity index (χ0v) is 13.2. The highest BCUT2D eigenvalue weighted by Gasteiger charge is 2.16. The number of ketones is 1. The van der Waals surface area contributed by atoms with E-state index in [1.54, 1.807) is 37.4 Å². The Hall–Kier alpha value is -2.07. The van der Waals surface area contributed by atoms with E-state index < -0.39 is 0 Å². The Bertz CT molecular complexity index is 833. The smallest absolute Gasteiger partial charge is 0.228 e. The fourth-order valence-corrected chi connectivity index (χ4v) is 2.89. The fraction of sp³-hybridized carbons (Fsp3) is 0.118. The van der Waals surface area contributed by atoms with Crippen molar-refractivity contribution in [1.82, 2.24) is 0 Å². The molecule has 0 unspecified atom stereocenters. The summed E-state index contributed by atoms with van der Waals surface area (Å²) >= 11 is 3.45. The molecule has 0 fully saturated rings. The number of furan rings is 1. The van der Waals surface area contributed by atoms with Gasteiger partial charge in [-0.1, -0.05) is 28.1 Å². The second kappa shape index (κ2) is 5.37. The maximum Gasteiger partial charge on any atom is 0.228 e. The van der Waals surface area contributed by atoms with Crippen LogP contribution in [0.15, 0.2) is 51.4 Å². The van der Waals surface area contributed by atoms with Gasteiger partial charge in [-0.05, 0) is 42.8 Å². The number of hydrogen-bond acceptors (Lipinski definition) is 3.